The predicted molar refractivity (Wildman–Crippen MR) is 152 cm³/mol. The highest BCUT2D eigenvalue weighted by Gasteiger charge is 2.30. The van der Waals surface area contributed by atoms with Crippen molar-refractivity contribution in [2.45, 2.75) is 70.6 Å². The number of quaternary nitrogens is 1. The molecule has 0 saturated carbocycles. The molecular formula is C28H47N6O6+. The highest BCUT2D eigenvalue weighted by atomic mass is 16.3. The van der Waals surface area contributed by atoms with Gasteiger partial charge in [-0.2, -0.15) is 0 Å². The fraction of sp³-hybridized carbons (Fsp3) is 0.607. The summed E-state index contributed by atoms with van der Waals surface area (Å²) in [6.07, 6.45) is 1.96. The molecule has 0 spiro atoms. The molecule has 0 radical (unpaired) electrons. The van der Waals surface area contributed by atoms with Crippen LogP contribution in [0.2, 0.25) is 0 Å². The number of hydrogen-bond donors (Lipinski definition) is 6. The maximum atomic E-state index is 13.3. The summed E-state index contributed by atoms with van der Waals surface area (Å²) >= 11 is 0. The van der Waals surface area contributed by atoms with Gasteiger partial charge in [0.15, 0.2) is 0 Å². The fourth-order valence-electron chi connectivity index (χ4n) is 3.89. The lowest BCUT2D eigenvalue weighted by molar-refractivity contribution is -0.870. The van der Waals surface area contributed by atoms with Gasteiger partial charge < -0.3 is 36.6 Å². The second-order valence-electron chi connectivity index (χ2n) is 11.5. The SMILES string of the molecule is CC(C)C[C@H](NC(=O)[C@H](C)NC(=O)c1ccccc1)C(=O)N[C@@H](CCCC[N+](C)(C)C)C(=O)N[C@@H](CO)C(N)=O. The second kappa shape index (κ2) is 16.6. The van der Waals surface area contributed by atoms with Gasteiger partial charge in [0.05, 0.1) is 34.3 Å². The van der Waals surface area contributed by atoms with Gasteiger partial charge in [-0.3, -0.25) is 24.0 Å². The van der Waals surface area contributed by atoms with E-state index in [4.69, 9.17) is 5.73 Å². The van der Waals surface area contributed by atoms with Crippen molar-refractivity contribution in [2.75, 3.05) is 34.3 Å². The minimum absolute atomic E-state index is 0.0238. The number of aliphatic hydroxyl groups excluding tert-OH is 1. The van der Waals surface area contributed by atoms with Crippen molar-refractivity contribution >= 4 is 29.5 Å². The summed E-state index contributed by atoms with van der Waals surface area (Å²) in [7, 11) is 6.15. The molecule has 0 saturated heterocycles. The van der Waals surface area contributed by atoms with Crippen molar-refractivity contribution in [3.05, 3.63) is 35.9 Å². The van der Waals surface area contributed by atoms with Crippen molar-refractivity contribution in [1.82, 2.24) is 21.3 Å². The largest absolute Gasteiger partial charge is 0.394 e. The lowest BCUT2D eigenvalue weighted by Crippen LogP contribution is -2.58. The molecule has 12 nitrogen and oxygen atoms in total. The summed E-state index contributed by atoms with van der Waals surface area (Å²) in [6.45, 7) is 5.47. The van der Waals surface area contributed by atoms with Gasteiger partial charge in [0, 0.05) is 5.56 Å². The van der Waals surface area contributed by atoms with E-state index in [1.165, 1.54) is 6.92 Å². The second-order valence-corrected chi connectivity index (χ2v) is 11.5. The van der Waals surface area contributed by atoms with Crippen LogP contribution in [0.4, 0.5) is 0 Å². The average molecular weight is 564 g/mol. The number of primary amides is 1. The van der Waals surface area contributed by atoms with Crippen LogP contribution in [0.5, 0.6) is 0 Å². The minimum atomic E-state index is -1.29. The number of benzene rings is 1. The molecule has 224 valence electrons. The van der Waals surface area contributed by atoms with Gasteiger partial charge in [-0.05, 0) is 50.7 Å². The van der Waals surface area contributed by atoms with Crippen molar-refractivity contribution in [1.29, 1.82) is 0 Å². The van der Waals surface area contributed by atoms with E-state index >= 15 is 0 Å². The average Bonchev–Trinajstić information content (AvgIpc) is 2.87. The van der Waals surface area contributed by atoms with Crippen LogP contribution in [0, 0.1) is 5.92 Å². The van der Waals surface area contributed by atoms with Crippen molar-refractivity contribution in [3.63, 3.8) is 0 Å². The summed E-state index contributed by atoms with van der Waals surface area (Å²) in [5.41, 5.74) is 5.64. The molecule has 12 heteroatoms. The number of unbranched alkanes of at least 4 members (excludes halogenated alkanes) is 1. The van der Waals surface area contributed by atoms with Gasteiger partial charge in [0.1, 0.15) is 24.2 Å². The minimum Gasteiger partial charge on any atom is -0.394 e. The lowest BCUT2D eigenvalue weighted by Gasteiger charge is -2.27. The molecule has 0 heterocycles. The first kappa shape index (κ1) is 34.5. The van der Waals surface area contributed by atoms with Crippen molar-refractivity contribution in [2.24, 2.45) is 11.7 Å². The van der Waals surface area contributed by atoms with Crippen LogP contribution in [0.15, 0.2) is 30.3 Å². The third-order valence-electron chi connectivity index (χ3n) is 6.16. The van der Waals surface area contributed by atoms with Gasteiger partial charge in [-0.25, -0.2) is 0 Å². The van der Waals surface area contributed by atoms with Crippen LogP contribution in [-0.4, -0.2) is 97.6 Å². The number of aliphatic hydroxyl groups is 1. The molecule has 0 aliphatic rings. The Hall–Kier alpha value is -3.51. The maximum Gasteiger partial charge on any atom is 0.251 e. The van der Waals surface area contributed by atoms with Crippen LogP contribution < -0.4 is 27.0 Å². The fourth-order valence-corrected chi connectivity index (χ4v) is 3.89. The first-order chi connectivity index (χ1) is 18.6. The highest BCUT2D eigenvalue weighted by molar-refractivity contribution is 5.98. The van der Waals surface area contributed by atoms with E-state index in [0.29, 0.717) is 12.0 Å². The molecule has 0 unspecified atom stereocenters. The topological polar surface area (TPSA) is 180 Å². The molecule has 40 heavy (non-hydrogen) atoms. The first-order valence-electron chi connectivity index (χ1n) is 13.6. The van der Waals surface area contributed by atoms with E-state index < -0.39 is 60.3 Å². The first-order valence-corrected chi connectivity index (χ1v) is 13.6. The molecule has 0 fully saturated rings. The Kier molecular flexibility index (Phi) is 14.3. The molecule has 5 amide bonds. The smallest absolute Gasteiger partial charge is 0.251 e. The molecule has 1 aromatic rings. The van der Waals surface area contributed by atoms with Crippen LogP contribution >= 0.6 is 0 Å². The Morgan fingerprint density at radius 3 is 1.88 bits per heavy atom. The Morgan fingerprint density at radius 2 is 1.35 bits per heavy atom. The molecule has 4 atom stereocenters. The third kappa shape index (κ3) is 13.0. The normalized spacial score (nSPS) is 14.4. The van der Waals surface area contributed by atoms with E-state index in [2.05, 4.69) is 21.3 Å². The standard InChI is InChI=1S/C28H46N6O6/c1-18(2)16-22(32-25(37)19(3)30-26(38)20-12-8-7-9-13-20)28(40)31-21(14-10-11-15-34(4,5)6)27(39)33-23(17-35)24(29)36/h7-9,12-13,18-19,21-23,35H,10-11,14-17H2,1-6H3,(H5-,29,30,31,32,33,36,37,38,39,40)/p+1/t19-,21-,22-,23-/m0/s1. The van der Waals surface area contributed by atoms with E-state index in [-0.39, 0.29) is 18.8 Å². The number of rotatable bonds is 17. The summed E-state index contributed by atoms with van der Waals surface area (Å²) in [5, 5.41) is 19.8. The summed E-state index contributed by atoms with van der Waals surface area (Å²) in [4.78, 5) is 63.3. The number of hydrogen-bond acceptors (Lipinski definition) is 6. The van der Waals surface area contributed by atoms with Gasteiger partial charge in [0.2, 0.25) is 23.6 Å². The number of nitrogens with one attached hydrogen (secondary N) is 4. The summed E-state index contributed by atoms with van der Waals surface area (Å²) < 4.78 is 0.735. The van der Waals surface area contributed by atoms with Gasteiger partial charge in [-0.15, -0.1) is 0 Å². The van der Waals surface area contributed by atoms with Crippen molar-refractivity contribution < 1.29 is 33.6 Å². The highest BCUT2D eigenvalue weighted by Crippen LogP contribution is 2.09. The number of carbonyl (C=O) groups is 5. The van der Waals surface area contributed by atoms with E-state index in [0.717, 1.165) is 17.4 Å². The third-order valence-corrected chi connectivity index (χ3v) is 6.16. The predicted octanol–water partition coefficient (Wildman–Crippen LogP) is -0.340. The van der Waals surface area contributed by atoms with E-state index in [9.17, 15) is 29.1 Å². The molecule has 1 aromatic carbocycles. The van der Waals surface area contributed by atoms with Crippen LogP contribution in [0.3, 0.4) is 0 Å². The lowest BCUT2D eigenvalue weighted by atomic mass is 10.0. The zero-order chi connectivity index (χ0) is 30.5. The zero-order valence-electron chi connectivity index (χ0n) is 24.5. The molecule has 7 N–H and O–H groups in total. The molecule has 0 aliphatic heterocycles. The zero-order valence-corrected chi connectivity index (χ0v) is 24.5. The number of carbonyl (C=O) groups excluding carboxylic acids is 5. The van der Waals surface area contributed by atoms with E-state index in [1.54, 1.807) is 30.3 Å². The number of nitrogens with two attached hydrogens (primary N) is 1. The van der Waals surface area contributed by atoms with Crippen molar-refractivity contribution in [3.8, 4) is 0 Å². The van der Waals surface area contributed by atoms with Gasteiger partial charge in [-0.1, -0.05) is 32.0 Å². The number of nitrogens with zero attached hydrogens (tertiary/aromatic N) is 1. The van der Waals surface area contributed by atoms with Gasteiger partial charge in [0.25, 0.3) is 5.91 Å². The summed E-state index contributed by atoms with van der Waals surface area (Å²) in [5.74, 6) is -3.09. The molecule has 1 rings (SSSR count). The number of amides is 5. The summed E-state index contributed by atoms with van der Waals surface area (Å²) in [6, 6.07) is 4.24. The molecular weight excluding hydrogens is 516 g/mol. The molecule has 0 aliphatic carbocycles. The van der Waals surface area contributed by atoms with Crippen LogP contribution in [0.25, 0.3) is 0 Å². The molecule has 0 aromatic heterocycles. The Labute approximate surface area is 237 Å². The maximum absolute atomic E-state index is 13.3. The quantitative estimate of drug-likeness (QED) is 0.111. The van der Waals surface area contributed by atoms with Crippen LogP contribution in [0.1, 0.15) is 56.8 Å². The Bertz CT molecular complexity index is 995. The van der Waals surface area contributed by atoms with Gasteiger partial charge >= 0.3 is 0 Å². The molecule has 0 bridgehead atoms. The van der Waals surface area contributed by atoms with Crippen LogP contribution in [-0.2, 0) is 19.2 Å². The Balaban J connectivity index is 2.97. The van der Waals surface area contributed by atoms with E-state index in [1.807, 2.05) is 35.0 Å². The Morgan fingerprint density at radius 1 is 0.800 bits per heavy atom. The monoisotopic (exact) mass is 563 g/mol.